The van der Waals surface area contributed by atoms with Crippen LogP contribution in [0.3, 0.4) is 0 Å². The van der Waals surface area contributed by atoms with Crippen molar-refractivity contribution in [3.63, 3.8) is 0 Å². The fraction of sp³-hybridized carbons (Fsp3) is 0.214. The van der Waals surface area contributed by atoms with Gasteiger partial charge in [0.1, 0.15) is 5.75 Å². The fourth-order valence-corrected chi connectivity index (χ4v) is 2.25. The van der Waals surface area contributed by atoms with E-state index in [2.05, 4.69) is 5.32 Å². The summed E-state index contributed by atoms with van der Waals surface area (Å²) in [6.07, 6.45) is -0.111. The summed E-state index contributed by atoms with van der Waals surface area (Å²) in [5.41, 5.74) is -1.70. The van der Waals surface area contributed by atoms with Gasteiger partial charge in [0.15, 0.2) is 17.5 Å². The van der Waals surface area contributed by atoms with E-state index in [0.717, 1.165) is 6.08 Å². The molecule has 1 aromatic rings. The van der Waals surface area contributed by atoms with Gasteiger partial charge in [0.25, 0.3) is 5.91 Å². The van der Waals surface area contributed by atoms with Gasteiger partial charge in [-0.25, -0.2) is 0 Å². The van der Waals surface area contributed by atoms with E-state index >= 15 is 0 Å². The van der Waals surface area contributed by atoms with Crippen molar-refractivity contribution >= 4 is 17.5 Å². The SMILES string of the molecule is O=C(NC1=CC(=O)[C@]2(CO)OC2C1=O)c1ccccc1O. The van der Waals surface area contributed by atoms with Gasteiger partial charge >= 0.3 is 0 Å². The van der Waals surface area contributed by atoms with Crippen LogP contribution in [0, 0.1) is 0 Å². The number of Topliss-reactive ketones (excluding diaryl/α,β-unsaturated/α-hetero) is 1. The predicted molar refractivity (Wildman–Crippen MR) is 68.4 cm³/mol. The van der Waals surface area contributed by atoms with Crippen molar-refractivity contribution in [2.75, 3.05) is 6.61 Å². The Labute approximate surface area is 118 Å². The highest BCUT2D eigenvalue weighted by atomic mass is 16.6. The van der Waals surface area contributed by atoms with E-state index in [9.17, 15) is 19.5 Å². The number of nitrogens with one attached hydrogen (secondary N) is 1. The quantitative estimate of drug-likeness (QED) is 0.633. The zero-order valence-electron chi connectivity index (χ0n) is 10.7. The number of carbonyl (C=O) groups is 3. The summed E-state index contributed by atoms with van der Waals surface area (Å²) in [6.45, 7) is -0.584. The third kappa shape index (κ3) is 1.94. The summed E-state index contributed by atoms with van der Waals surface area (Å²) >= 11 is 0. The molecule has 0 saturated carbocycles. The molecule has 7 heteroatoms. The lowest BCUT2D eigenvalue weighted by Gasteiger charge is -2.14. The number of amides is 1. The van der Waals surface area contributed by atoms with Crippen LogP contribution in [-0.2, 0) is 14.3 Å². The van der Waals surface area contributed by atoms with E-state index in [1.165, 1.54) is 12.1 Å². The first-order valence-electron chi connectivity index (χ1n) is 6.18. The van der Waals surface area contributed by atoms with Crippen molar-refractivity contribution in [1.82, 2.24) is 5.32 Å². The number of epoxide rings is 1. The molecule has 3 N–H and O–H groups in total. The Kier molecular flexibility index (Phi) is 2.89. The highest BCUT2D eigenvalue weighted by Crippen LogP contribution is 2.42. The summed E-state index contributed by atoms with van der Waals surface area (Å²) in [4.78, 5) is 35.8. The molecule has 2 atom stereocenters. The van der Waals surface area contributed by atoms with Gasteiger partial charge in [-0.15, -0.1) is 0 Å². The number of hydrogen-bond donors (Lipinski definition) is 3. The van der Waals surface area contributed by atoms with E-state index in [1.54, 1.807) is 12.1 Å². The maximum atomic E-state index is 12.0. The van der Waals surface area contributed by atoms with Crippen molar-refractivity contribution in [2.24, 2.45) is 0 Å². The van der Waals surface area contributed by atoms with Crippen molar-refractivity contribution in [2.45, 2.75) is 11.7 Å². The Hall–Kier alpha value is -2.51. The molecule has 0 bridgehead atoms. The maximum absolute atomic E-state index is 12.0. The maximum Gasteiger partial charge on any atom is 0.259 e. The Morgan fingerprint density at radius 2 is 2.05 bits per heavy atom. The zero-order chi connectivity index (χ0) is 15.2. The van der Waals surface area contributed by atoms with E-state index in [1.807, 2.05) is 0 Å². The molecule has 1 unspecified atom stereocenters. The number of rotatable bonds is 3. The third-order valence-electron chi connectivity index (χ3n) is 3.52. The molecule has 1 aliphatic carbocycles. The van der Waals surface area contributed by atoms with Gasteiger partial charge in [-0.3, -0.25) is 14.4 Å². The number of benzene rings is 1. The molecule has 1 aromatic carbocycles. The standard InChI is InChI=1S/C14H11NO6/c16-6-14-10(18)5-8(11(19)12(14)21-14)15-13(20)7-3-1-2-4-9(7)17/h1-5,12,16-17H,6H2,(H,15,20)/t12?,14-/m0/s1. The first-order valence-corrected chi connectivity index (χ1v) is 6.18. The summed E-state index contributed by atoms with van der Waals surface area (Å²) in [5.74, 6) is -2.09. The smallest absolute Gasteiger partial charge is 0.259 e. The third-order valence-corrected chi connectivity index (χ3v) is 3.52. The second kappa shape index (κ2) is 4.51. The molecule has 108 valence electrons. The molecule has 21 heavy (non-hydrogen) atoms. The van der Waals surface area contributed by atoms with Crippen LogP contribution in [0.2, 0.25) is 0 Å². The minimum absolute atomic E-state index is 0.0191. The van der Waals surface area contributed by atoms with Crippen LogP contribution < -0.4 is 5.32 Å². The molecule has 1 aliphatic heterocycles. The summed E-state index contributed by atoms with van der Waals surface area (Å²) in [5, 5.41) is 21.0. The van der Waals surface area contributed by atoms with E-state index in [0.29, 0.717) is 0 Å². The monoisotopic (exact) mass is 289 g/mol. The molecule has 0 spiro atoms. The van der Waals surface area contributed by atoms with Crippen molar-refractivity contribution in [3.8, 4) is 5.75 Å². The molecule has 7 nitrogen and oxygen atoms in total. The van der Waals surface area contributed by atoms with Crippen LogP contribution in [0.25, 0.3) is 0 Å². The van der Waals surface area contributed by atoms with Crippen LogP contribution in [-0.4, -0.2) is 46.0 Å². The van der Waals surface area contributed by atoms with E-state index < -0.39 is 35.8 Å². The normalized spacial score (nSPS) is 26.9. The first kappa shape index (κ1) is 13.5. The number of ketones is 2. The van der Waals surface area contributed by atoms with Crippen LogP contribution >= 0.6 is 0 Å². The largest absolute Gasteiger partial charge is 0.507 e. The molecule has 3 rings (SSSR count). The Bertz CT molecular complexity index is 694. The second-order valence-corrected chi connectivity index (χ2v) is 4.80. The summed E-state index contributed by atoms with van der Waals surface area (Å²) in [7, 11) is 0. The minimum Gasteiger partial charge on any atom is -0.507 e. The molecule has 0 radical (unpaired) electrons. The highest BCUT2D eigenvalue weighted by molar-refractivity contribution is 6.19. The van der Waals surface area contributed by atoms with Crippen molar-refractivity contribution in [1.29, 1.82) is 0 Å². The number of aliphatic hydroxyl groups excluding tert-OH is 1. The molecule has 1 amide bonds. The summed E-state index contributed by atoms with van der Waals surface area (Å²) < 4.78 is 4.98. The molecule has 1 heterocycles. The number of ether oxygens (including phenoxy) is 1. The van der Waals surface area contributed by atoms with Crippen LogP contribution in [0.1, 0.15) is 10.4 Å². The van der Waals surface area contributed by atoms with Crippen LogP contribution in [0.4, 0.5) is 0 Å². The number of aromatic hydroxyl groups is 1. The number of carbonyl (C=O) groups excluding carboxylic acids is 3. The molecule has 1 saturated heterocycles. The molecule has 2 aliphatic rings. The molecule has 0 aromatic heterocycles. The zero-order valence-corrected chi connectivity index (χ0v) is 10.7. The molecular formula is C14H11NO6. The van der Waals surface area contributed by atoms with Gasteiger partial charge in [0.05, 0.1) is 17.9 Å². The fourth-order valence-electron chi connectivity index (χ4n) is 2.25. The van der Waals surface area contributed by atoms with Gasteiger partial charge in [-0.2, -0.15) is 0 Å². The Morgan fingerprint density at radius 1 is 1.33 bits per heavy atom. The first-order chi connectivity index (χ1) is 9.99. The lowest BCUT2D eigenvalue weighted by Crippen LogP contribution is -2.41. The second-order valence-electron chi connectivity index (χ2n) is 4.80. The van der Waals surface area contributed by atoms with Crippen LogP contribution in [0.15, 0.2) is 36.0 Å². The van der Waals surface area contributed by atoms with E-state index in [4.69, 9.17) is 9.84 Å². The van der Waals surface area contributed by atoms with Crippen molar-refractivity contribution in [3.05, 3.63) is 41.6 Å². The van der Waals surface area contributed by atoms with Gasteiger partial charge in [-0.05, 0) is 12.1 Å². The average Bonchev–Trinajstić information content (AvgIpc) is 3.22. The Balaban J connectivity index is 1.83. The van der Waals surface area contributed by atoms with Gasteiger partial charge in [0, 0.05) is 6.08 Å². The molecular weight excluding hydrogens is 278 g/mol. The number of phenolic OH excluding ortho intramolecular Hbond substituents is 1. The topological polar surface area (TPSA) is 116 Å². The lowest BCUT2D eigenvalue weighted by molar-refractivity contribution is -0.123. The Morgan fingerprint density at radius 3 is 2.71 bits per heavy atom. The number of para-hydroxylation sites is 1. The van der Waals surface area contributed by atoms with Crippen molar-refractivity contribution < 1.29 is 29.3 Å². The highest BCUT2D eigenvalue weighted by Gasteiger charge is 2.67. The minimum atomic E-state index is -1.47. The molecule has 1 fully saturated rings. The van der Waals surface area contributed by atoms with Gasteiger partial charge < -0.3 is 20.3 Å². The number of aliphatic hydroxyl groups is 1. The lowest BCUT2D eigenvalue weighted by atomic mass is 9.90. The van der Waals surface area contributed by atoms with Gasteiger partial charge in [-0.1, -0.05) is 12.1 Å². The summed E-state index contributed by atoms with van der Waals surface area (Å²) in [6, 6.07) is 5.82. The number of fused-ring (bicyclic) bond motifs is 1. The van der Waals surface area contributed by atoms with Gasteiger partial charge in [0.2, 0.25) is 5.78 Å². The van der Waals surface area contributed by atoms with E-state index in [-0.39, 0.29) is 17.0 Å². The number of phenols is 1. The predicted octanol–water partition coefficient (Wildman–Crippen LogP) is -0.712. The number of hydrogen-bond acceptors (Lipinski definition) is 6. The van der Waals surface area contributed by atoms with Crippen LogP contribution in [0.5, 0.6) is 5.75 Å². The average molecular weight is 289 g/mol.